The number of aromatic nitrogens is 2. The number of methoxy groups -OCH3 is 1. The lowest BCUT2D eigenvalue weighted by molar-refractivity contribution is -0.115. The molecular formula is C19H18FN3O2S. The molecule has 0 saturated carbocycles. The Morgan fingerprint density at radius 2 is 1.96 bits per heavy atom. The van der Waals surface area contributed by atoms with E-state index in [0.29, 0.717) is 16.6 Å². The van der Waals surface area contributed by atoms with Crippen LogP contribution < -0.4 is 10.1 Å². The zero-order valence-electron chi connectivity index (χ0n) is 14.3. The van der Waals surface area contributed by atoms with Gasteiger partial charge in [-0.05, 0) is 48.9 Å². The van der Waals surface area contributed by atoms with Gasteiger partial charge in [-0.15, -0.1) is 0 Å². The Morgan fingerprint density at radius 1 is 1.23 bits per heavy atom. The monoisotopic (exact) mass is 371 g/mol. The summed E-state index contributed by atoms with van der Waals surface area (Å²) in [6, 6.07) is 13.4. The van der Waals surface area contributed by atoms with Crippen LogP contribution in [0.3, 0.4) is 0 Å². The molecule has 1 heterocycles. The van der Waals surface area contributed by atoms with E-state index in [4.69, 9.17) is 4.74 Å². The molecule has 0 spiro atoms. The van der Waals surface area contributed by atoms with Crippen LogP contribution in [0.25, 0.3) is 11.3 Å². The average Bonchev–Trinajstić information content (AvgIpc) is 3.11. The zero-order chi connectivity index (χ0) is 18.5. The summed E-state index contributed by atoms with van der Waals surface area (Å²) in [4.78, 5) is 19.9. The molecule has 134 valence electrons. The van der Waals surface area contributed by atoms with Crippen LogP contribution in [0, 0.1) is 5.82 Å². The smallest absolute Gasteiger partial charge is 0.237 e. The summed E-state index contributed by atoms with van der Waals surface area (Å²) in [5.41, 5.74) is 2.22. The number of aromatic amines is 1. The first-order chi connectivity index (χ1) is 12.6. The highest BCUT2D eigenvalue weighted by Gasteiger charge is 2.18. The minimum atomic E-state index is -0.368. The molecule has 0 fully saturated rings. The predicted molar refractivity (Wildman–Crippen MR) is 101 cm³/mol. The van der Waals surface area contributed by atoms with E-state index in [1.54, 1.807) is 44.5 Å². The third-order valence-corrected chi connectivity index (χ3v) is 4.73. The second kappa shape index (κ2) is 8.05. The lowest BCUT2D eigenvalue weighted by Crippen LogP contribution is -2.22. The van der Waals surface area contributed by atoms with Crippen molar-refractivity contribution in [3.8, 4) is 17.0 Å². The zero-order valence-corrected chi connectivity index (χ0v) is 15.1. The fraction of sp³-hybridized carbons (Fsp3) is 0.158. The van der Waals surface area contributed by atoms with Crippen LogP contribution in [0.1, 0.15) is 6.92 Å². The van der Waals surface area contributed by atoms with Gasteiger partial charge in [0.15, 0.2) is 5.16 Å². The molecule has 5 nitrogen and oxygen atoms in total. The number of ether oxygens (including phenoxy) is 1. The number of carbonyl (C=O) groups excluding carboxylic acids is 1. The molecule has 0 unspecified atom stereocenters. The van der Waals surface area contributed by atoms with Crippen LogP contribution >= 0.6 is 11.8 Å². The molecule has 0 radical (unpaired) electrons. The number of thioether (sulfide) groups is 1. The van der Waals surface area contributed by atoms with Crippen LogP contribution in [-0.2, 0) is 4.79 Å². The highest BCUT2D eigenvalue weighted by atomic mass is 32.2. The van der Waals surface area contributed by atoms with E-state index in [0.717, 1.165) is 11.3 Å². The summed E-state index contributed by atoms with van der Waals surface area (Å²) in [5, 5.41) is 3.11. The maximum absolute atomic E-state index is 13.0. The summed E-state index contributed by atoms with van der Waals surface area (Å²) in [6.07, 6.45) is 1.67. The van der Waals surface area contributed by atoms with Crippen molar-refractivity contribution in [2.75, 3.05) is 12.4 Å². The number of hydrogen-bond acceptors (Lipinski definition) is 4. The molecule has 7 heteroatoms. The van der Waals surface area contributed by atoms with E-state index in [-0.39, 0.29) is 17.0 Å². The number of halogens is 1. The van der Waals surface area contributed by atoms with Gasteiger partial charge >= 0.3 is 0 Å². The first-order valence-corrected chi connectivity index (χ1v) is 8.86. The van der Waals surface area contributed by atoms with Gasteiger partial charge in [0, 0.05) is 0 Å². The average molecular weight is 371 g/mol. The van der Waals surface area contributed by atoms with E-state index >= 15 is 0 Å². The van der Waals surface area contributed by atoms with Crippen LogP contribution in [0.4, 0.5) is 10.1 Å². The Labute approximate surface area is 155 Å². The second-order valence-corrected chi connectivity index (χ2v) is 6.89. The number of rotatable bonds is 6. The molecule has 0 bridgehead atoms. The number of imidazole rings is 1. The Kier molecular flexibility index (Phi) is 5.58. The van der Waals surface area contributed by atoms with Gasteiger partial charge in [-0.3, -0.25) is 4.79 Å². The number of nitrogens with zero attached hydrogens (tertiary/aromatic N) is 1. The maximum Gasteiger partial charge on any atom is 0.237 e. The lowest BCUT2D eigenvalue weighted by atomic mass is 10.2. The van der Waals surface area contributed by atoms with Crippen molar-refractivity contribution in [2.45, 2.75) is 17.3 Å². The first-order valence-electron chi connectivity index (χ1n) is 7.98. The van der Waals surface area contributed by atoms with Crippen LogP contribution in [0.15, 0.2) is 59.9 Å². The molecular weight excluding hydrogens is 353 g/mol. The third-order valence-electron chi connectivity index (χ3n) is 3.73. The molecule has 26 heavy (non-hydrogen) atoms. The Balaban J connectivity index is 1.65. The molecule has 2 aromatic carbocycles. The fourth-order valence-corrected chi connectivity index (χ4v) is 3.13. The molecule has 0 saturated heterocycles. The SMILES string of the molecule is COc1ccccc1NC(=O)[C@@H](C)Sc1ncc(-c2ccc(F)cc2)[nH]1. The first kappa shape index (κ1) is 18.0. The number of amides is 1. The van der Waals surface area contributed by atoms with Crippen molar-refractivity contribution in [2.24, 2.45) is 0 Å². The normalized spacial score (nSPS) is 11.8. The molecule has 1 atom stereocenters. The summed E-state index contributed by atoms with van der Waals surface area (Å²) < 4.78 is 18.3. The molecule has 3 rings (SSSR count). The van der Waals surface area contributed by atoms with Crippen molar-refractivity contribution in [1.29, 1.82) is 0 Å². The molecule has 0 aliphatic rings. The molecule has 3 aromatic rings. The van der Waals surface area contributed by atoms with Gasteiger partial charge in [0.05, 0.1) is 29.9 Å². The van der Waals surface area contributed by atoms with E-state index in [2.05, 4.69) is 15.3 Å². The van der Waals surface area contributed by atoms with Gasteiger partial charge < -0.3 is 15.0 Å². The number of nitrogens with one attached hydrogen (secondary N) is 2. The van der Waals surface area contributed by atoms with E-state index in [1.807, 2.05) is 12.1 Å². The largest absolute Gasteiger partial charge is 0.495 e. The minimum Gasteiger partial charge on any atom is -0.495 e. The van der Waals surface area contributed by atoms with E-state index in [9.17, 15) is 9.18 Å². The van der Waals surface area contributed by atoms with Gasteiger partial charge in [0.1, 0.15) is 11.6 Å². The van der Waals surface area contributed by atoms with E-state index in [1.165, 1.54) is 23.9 Å². The molecule has 2 N–H and O–H groups in total. The van der Waals surface area contributed by atoms with Crippen molar-refractivity contribution in [1.82, 2.24) is 9.97 Å². The Morgan fingerprint density at radius 3 is 2.69 bits per heavy atom. The van der Waals surface area contributed by atoms with Gasteiger partial charge in [-0.1, -0.05) is 23.9 Å². The molecule has 1 amide bonds. The molecule has 0 aliphatic heterocycles. The van der Waals surface area contributed by atoms with Crippen LogP contribution in [-0.4, -0.2) is 28.2 Å². The van der Waals surface area contributed by atoms with E-state index < -0.39 is 0 Å². The minimum absolute atomic E-state index is 0.153. The maximum atomic E-state index is 13.0. The molecule has 1 aromatic heterocycles. The van der Waals surface area contributed by atoms with Crippen LogP contribution in [0.5, 0.6) is 5.75 Å². The summed E-state index contributed by atoms with van der Waals surface area (Å²) in [7, 11) is 1.56. The third kappa shape index (κ3) is 4.23. The fourth-order valence-electron chi connectivity index (χ4n) is 2.34. The van der Waals surface area contributed by atoms with Crippen molar-refractivity contribution < 1.29 is 13.9 Å². The number of hydrogen-bond donors (Lipinski definition) is 2. The van der Waals surface area contributed by atoms with Gasteiger partial charge in [-0.25, -0.2) is 9.37 Å². The summed E-state index contributed by atoms with van der Waals surface area (Å²) >= 11 is 1.31. The number of para-hydroxylation sites is 2. The number of benzene rings is 2. The van der Waals surface area contributed by atoms with Crippen molar-refractivity contribution >= 4 is 23.4 Å². The number of H-pyrrole nitrogens is 1. The Bertz CT molecular complexity index is 896. The van der Waals surface area contributed by atoms with Gasteiger partial charge in [-0.2, -0.15) is 0 Å². The summed E-state index contributed by atoms with van der Waals surface area (Å²) in [6.45, 7) is 1.80. The van der Waals surface area contributed by atoms with Crippen molar-refractivity contribution in [3.05, 3.63) is 60.5 Å². The number of carbonyl (C=O) groups is 1. The van der Waals surface area contributed by atoms with Crippen molar-refractivity contribution in [3.63, 3.8) is 0 Å². The second-order valence-electron chi connectivity index (χ2n) is 5.56. The topological polar surface area (TPSA) is 67.0 Å². The highest BCUT2D eigenvalue weighted by Crippen LogP contribution is 2.27. The lowest BCUT2D eigenvalue weighted by Gasteiger charge is -2.13. The quantitative estimate of drug-likeness (QED) is 0.633. The highest BCUT2D eigenvalue weighted by molar-refractivity contribution is 8.00. The van der Waals surface area contributed by atoms with Gasteiger partial charge in [0.2, 0.25) is 5.91 Å². The number of anilines is 1. The standard InChI is InChI=1S/C19H18FN3O2S/c1-12(18(24)22-15-5-3-4-6-17(15)25-2)26-19-21-11-16(23-19)13-7-9-14(20)10-8-13/h3-12H,1-2H3,(H,21,23)(H,22,24)/t12-/m1/s1. The summed E-state index contributed by atoms with van der Waals surface area (Å²) in [5.74, 6) is 0.165. The Hall–Kier alpha value is -2.80. The predicted octanol–water partition coefficient (Wildman–Crippen LogP) is 4.34. The van der Waals surface area contributed by atoms with Gasteiger partial charge in [0.25, 0.3) is 0 Å². The van der Waals surface area contributed by atoms with Crippen LogP contribution in [0.2, 0.25) is 0 Å². The molecule has 0 aliphatic carbocycles.